The fourth-order valence-electron chi connectivity index (χ4n) is 1.52. The molecule has 0 aliphatic rings. The third-order valence-electron chi connectivity index (χ3n) is 2.71. The van der Waals surface area contributed by atoms with Crippen molar-refractivity contribution >= 4 is 17.3 Å². The van der Waals surface area contributed by atoms with E-state index in [0.717, 1.165) is 11.3 Å². The highest BCUT2D eigenvalue weighted by Gasteiger charge is 2.06. The summed E-state index contributed by atoms with van der Waals surface area (Å²) >= 11 is 0. The van der Waals surface area contributed by atoms with Gasteiger partial charge in [-0.2, -0.15) is 0 Å². The molecule has 0 bridgehead atoms. The molecule has 4 nitrogen and oxygen atoms in total. The monoisotopic (exact) mass is 241 g/mol. The molecule has 0 aliphatic heterocycles. The molecule has 1 amide bonds. The van der Waals surface area contributed by atoms with Crippen LogP contribution in [0.3, 0.4) is 0 Å². The molecule has 2 aromatic rings. The zero-order chi connectivity index (χ0) is 13.1. The summed E-state index contributed by atoms with van der Waals surface area (Å²) in [6.07, 6.45) is 1.56. The molecule has 92 valence electrons. The molecule has 0 atom stereocenters. The van der Waals surface area contributed by atoms with Crippen molar-refractivity contribution in [2.24, 2.45) is 0 Å². The van der Waals surface area contributed by atoms with Crippen molar-refractivity contribution in [1.82, 2.24) is 4.98 Å². The topological polar surface area (TPSA) is 68.0 Å². The lowest BCUT2D eigenvalue weighted by atomic mass is 10.2. The van der Waals surface area contributed by atoms with Crippen LogP contribution in [0.25, 0.3) is 0 Å². The lowest BCUT2D eigenvalue weighted by Gasteiger charge is -2.07. The maximum Gasteiger partial charge on any atom is 0.257 e. The van der Waals surface area contributed by atoms with Crippen LogP contribution in [0.5, 0.6) is 0 Å². The van der Waals surface area contributed by atoms with Gasteiger partial charge in [0.2, 0.25) is 0 Å². The van der Waals surface area contributed by atoms with E-state index in [9.17, 15) is 4.79 Å². The zero-order valence-corrected chi connectivity index (χ0v) is 10.4. The number of hydrogen-bond acceptors (Lipinski definition) is 3. The van der Waals surface area contributed by atoms with Crippen molar-refractivity contribution in [3.05, 3.63) is 53.3 Å². The quantitative estimate of drug-likeness (QED) is 0.794. The van der Waals surface area contributed by atoms with Gasteiger partial charge in [-0.3, -0.25) is 9.78 Å². The van der Waals surface area contributed by atoms with E-state index in [1.54, 1.807) is 24.4 Å². The molecular formula is C14H15N3O. The summed E-state index contributed by atoms with van der Waals surface area (Å²) in [4.78, 5) is 16.0. The Morgan fingerprint density at radius 2 is 2.00 bits per heavy atom. The number of carbonyl (C=O) groups is 1. The summed E-state index contributed by atoms with van der Waals surface area (Å²) in [5.41, 5.74) is 9.54. The summed E-state index contributed by atoms with van der Waals surface area (Å²) in [6.45, 7) is 3.80. The standard InChI is InChI=1S/C14H15N3O/c1-9-3-6-12(7-13(9)15)17-14(18)11-5-4-10(2)16-8-11/h3-8H,15H2,1-2H3,(H,17,18). The molecule has 18 heavy (non-hydrogen) atoms. The molecule has 4 heteroatoms. The molecule has 0 aliphatic carbocycles. The fourth-order valence-corrected chi connectivity index (χ4v) is 1.52. The number of anilines is 2. The number of rotatable bonds is 2. The molecule has 0 spiro atoms. The molecular weight excluding hydrogens is 226 g/mol. The van der Waals surface area contributed by atoms with Gasteiger partial charge in [0.25, 0.3) is 5.91 Å². The van der Waals surface area contributed by atoms with E-state index >= 15 is 0 Å². The van der Waals surface area contributed by atoms with Gasteiger partial charge in [0.1, 0.15) is 0 Å². The zero-order valence-electron chi connectivity index (χ0n) is 10.4. The van der Waals surface area contributed by atoms with Crippen LogP contribution in [0, 0.1) is 13.8 Å². The van der Waals surface area contributed by atoms with Crippen molar-refractivity contribution < 1.29 is 4.79 Å². The van der Waals surface area contributed by atoms with E-state index in [1.807, 2.05) is 26.0 Å². The molecule has 0 saturated carbocycles. The van der Waals surface area contributed by atoms with Gasteiger partial charge in [-0.25, -0.2) is 0 Å². The van der Waals surface area contributed by atoms with Crippen molar-refractivity contribution in [1.29, 1.82) is 0 Å². The minimum atomic E-state index is -0.189. The molecule has 1 aromatic carbocycles. The maximum absolute atomic E-state index is 11.9. The number of hydrogen-bond donors (Lipinski definition) is 2. The van der Waals surface area contributed by atoms with Gasteiger partial charge in [-0.05, 0) is 43.7 Å². The van der Waals surface area contributed by atoms with Crippen LogP contribution >= 0.6 is 0 Å². The second-order valence-corrected chi connectivity index (χ2v) is 4.21. The SMILES string of the molecule is Cc1ccc(C(=O)Nc2ccc(C)c(N)c2)cn1. The summed E-state index contributed by atoms with van der Waals surface area (Å²) in [6, 6.07) is 8.99. The van der Waals surface area contributed by atoms with E-state index < -0.39 is 0 Å². The first-order chi connectivity index (χ1) is 8.56. The summed E-state index contributed by atoms with van der Waals surface area (Å²) in [5.74, 6) is -0.189. The number of nitrogens with one attached hydrogen (secondary N) is 1. The number of nitrogen functional groups attached to an aromatic ring is 1. The number of aryl methyl sites for hydroxylation is 2. The average molecular weight is 241 g/mol. The maximum atomic E-state index is 11.9. The summed E-state index contributed by atoms with van der Waals surface area (Å²) in [5, 5.41) is 2.79. The van der Waals surface area contributed by atoms with E-state index in [0.29, 0.717) is 16.9 Å². The number of carbonyl (C=O) groups excluding carboxylic acids is 1. The Balaban J connectivity index is 2.16. The van der Waals surface area contributed by atoms with E-state index in [-0.39, 0.29) is 5.91 Å². The Morgan fingerprint density at radius 1 is 1.22 bits per heavy atom. The van der Waals surface area contributed by atoms with E-state index in [2.05, 4.69) is 10.3 Å². The Hall–Kier alpha value is -2.36. The average Bonchev–Trinajstić information content (AvgIpc) is 2.34. The van der Waals surface area contributed by atoms with Gasteiger partial charge in [0, 0.05) is 23.3 Å². The largest absolute Gasteiger partial charge is 0.398 e. The number of nitrogens with zero attached hydrogens (tertiary/aromatic N) is 1. The highest BCUT2D eigenvalue weighted by Crippen LogP contribution is 2.17. The van der Waals surface area contributed by atoms with Crippen molar-refractivity contribution in [2.45, 2.75) is 13.8 Å². The number of pyridine rings is 1. The van der Waals surface area contributed by atoms with Crippen molar-refractivity contribution in [3.8, 4) is 0 Å². The van der Waals surface area contributed by atoms with Crippen LogP contribution in [-0.2, 0) is 0 Å². The van der Waals surface area contributed by atoms with Crippen LogP contribution in [0.1, 0.15) is 21.6 Å². The predicted octanol–water partition coefficient (Wildman–Crippen LogP) is 2.53. The minimum Gasteiger partial charge on any atom is -0.398 e. The smallest absolute Gasteiger partial charge is 0.257 e. The highest BCUT2D eigenvalue weighted by molar-refractivity contribution is 6.04. The van der Waals surface area contributed by atoms with Crippen LogP contribution in [0.15, 0.2) is 36.5 Å². The first kappa shape index (κ1) is 12.1. The van der Waals surface area contributed by atoms with Gasteiger partial charge in [0.15, 0.2) is 0 Å². The first-order valence-electron chi connectivity index (χ1n) is 5.66. The van der Waals surface area contributed by atoms with Gasteiger partial charge in [-0.15, -0.1) is 0 Å². The minimum absolute atomic E-state index is 0.189. The lowest BCUT2D eigenvalue weighted by molar-refractivity contribution is 0.102. The Kier molecular flexibility index (Phi) is 3.28. The summed E-state index contributed by atoms with van der Waals surface area (Å²) < 4.78 is 0. The lowest BCUT2D eigenvalue weighted by Crippen LogP contribution is -2.12. The Labute approximate surface area is 106 Å². The Bertz CT molecular complexity index is 576. The second-order valence-electron chi connectivity index (χ2n) is 4.21. The van der Waals surface area contributed by atoms with E-state index in [4.69, 9.17) is 5.73 Å². The van der Waals surface area contributed by atoms with Crippen molar-refractivity contribution in [3.63, 3.8) is 0 Å². The highest BCUT2D eigenvalue weighted by atomic mass is 16.1. The van der Waals surface area contributed by atoms with Crippen LogP contribution in [0.4, 0.5) is 11.4 Å². The number of aromatic nitrogens is 1. The molecule has 0 unspecified atom stereocenters. The number of nitrogens with two attached hydrogens (primary N) is 1. The molecule has 0 saturated heterocycles. The summed E-state index contributed by atoms with van der Waals surface area (Å²) in [7, 11) is 0. The fraction of sp³-hybridized carbons (Fsp3) is 0.143. The van der Waals surface area contributed by atoms with Crippen molar-refractivity contribution in [2.75, 3.05) is 11.1 Å². The predicted molar refractivity (Wildman–Crippen MR) is 72.5 cm³/mol. The van der Waals surface area contributed by atoms with Crippen LogP contribution in [0.2, 0.25) is 0 Å². The third-order valence-corrected chi connectivity index (χ3v) is 2.71. The van der Waals surface area contributed by atoms with Gasteiger partial charge in [-0.1, -0.05) is 6.07 Å². The normalized spacial score (nSPS) is 10.1. The van der Waals surface area contributed by atoms with E-state index in [1.165, 1.54) is 0 Å². The molecule has 0 radical (unpaired) electrons. The van der Waals surface area contributed by atoms with Gasteiger partial charge in [0.05, 0.1) is 5.56 Å². The third kappa shape index (κ3) is 2.66. The molecule has 0 fully saturated rings. The first-order valence-corrected chi connectivity index (χ1v) is 5.66. The second kappa shape index (κ2) is 4.87. The number of amides is 1. The number of benzene rings is 1. The van der Waals surface area contributed by atoms with Crippen LogP contribution < -0.4 is 11.1 Å². The molecule has 3 N–H and O–H groups in total. The van der Waals surface area contributed by atoms with Gasteiger partial charge < -0.3 is 11.1 Å². The van der Waals surface area contributed by atoms with Gasteiger partial charge >= 0.3 is 0 Å². The molecule has 2 rings (SSSR count). The van der Waals surface area contributed by atoms with Crippen LogP contribution in [-0.4, -0.2) is 10.9 Å². The Morgan fingerprint density at radius 3 is 2.61 bits per heavy atom. The molecule has 1 aromatic heterocycles. The molecule has 1 heterocycles.